The first kappa shape index (κ1) is 36.8. The summed E-state index contributed by atoms with van der Waals surface area (Å²) in [6, 6.07) is 17.5. The van der Waals surface area contributed by atoms with Crippen molar-refractivity contribution in [2.75, 3.05) is 69.5 Å². The van der Waals surface area contributed by atoms with E-state index in [4.69, 9.17) is 34.5 Å². The van der Waals surface area contributed by atoms with E-state index in [9.17, 15) is 10.2 Å². The molecule has 0 saturated carbocycles. The monoisotopic (exact) mass is 744 g/mol. The molecule has 2 saturated heterocycles. The minimum absolute atomic E-state index is 0.152. The quantitative estimate of drug-likeness (QED) is 0.112. The Bertz CT molecular complexity index is 2380. The van der Waals surface area contributed by atoms with E-state index >= 15 is 0 Å². The molecule has 2 fully saturated rings. The molecule has 0 atom stereocenters. The van der Waals surface area contributed by atoms with E-state index in [0.717, 1.165) is 41.4 Å². The van der Waals surface area contributed by atoms with Gasteiger partial charge >= 0.3 is 0 Å². The summed E-state index contributed by atoms with van der Waals surface area (Å²) in [5.74, 6) is 2.84. The fraction of sp³-hybridized carbons (Fsp3) is 0.282. The largest absolute Gasteiger partial charge is 0.508 e. The molecular weight excluding hydrogens is 704 g/mol. The zero-order valence-corrected chi connectivity index (χ0v) is 30.6. The first-order valence-corrected chi connectivity index (χ1v) is 17.7. The molecule has 6 heterocycles. The van der Waals surface area contributed by atoms with Crippen molar-refractivity contribution in [3.05, 3.63) is 84.2 Å². The fourth-order valence-electron chi connectivity index (χ4n) is 6.19. The highest BCUT2D eigenvalue weighted by molar-refractivity contribution is 6.02. The van der Waals surface area contributed by atoms with Crippen molar-refractivity contribution in [2.24, 2.45) is 10.3 Å². The van der Waals surface area contributed by atoms with Crippen LogP contribution in [-0.4, -0.2) is 116 Å². The predicted molar refractivity (Wildman–Crippen MR) is 208 cm³/mol. The molecule has 2 aliphatic heterocycles. The molecule has 0 amide bonds. The van der Waals surface area contributed by atoms with Gasteiger partial charge in [0, 0.05) is 60.8 Å². The average molecular weight is 745 g/mol. The number of anilines is 2. The molecule has 2 aliphatic rings. The van der Waals surface area contributed by atoms with Crippen molar-refractivity contribution in [1.82, 2.24) is 29.9 Å². The lowest BCUT2D eigenvalue weighted by molar-refractivity contribution is 0.122. The molecule has 0 bridgehead atoms. The molecule has 3 N–H and O–H groups in total. The molecule has 8 rings (SSSR count). The van der Waals surface area contributed by atoms with Gasteiger partial charge in [-0.25, -0.2) is 29.9 Å². The number of morpholine rings is 2. The van der Waals surface area contributed by atoms with Crippen molar-refractivity contribution in [3.63, 3.8) is 0 Å². The zero-order valence-electron chi connectivity index (χ0n) is 30.6. The smallest absolute Gasteiger partial charge is 0.162 e. The summed E-state index contributed by atoms with van der Waals surface area (Å²) >= 11 is 0. The third kappa shape index (κ3) is 8.35. The lowest BCUT2D eigenvalue weighted by Gasteiger charge is -2.28. The molecule has 55 heavy (non-hydrogen) atoms. The summed E-state index contributed by atoms with van der Waals surface area (Å²) < 4.78 is 10.9. The Morgan fingerprint density at radius 1 is 0.655 bits per heavy atom. The van der Waals surface area contributed by atoms with Gasteiger partial charge < -0.3 is 39.5 Å². The topological polar surface area (TPSA) is 197 Å². The summed E-state index contributed by atoms with van der Waals surface area (Å²) in [6.45, 7) is 8.99. The standard InChI is InChI=1S/C20H21N5O3.C19H19N5O3/c1-13(24-27-2)15-11-17-18(21-12-15)20(25-6-8-28-9-7-25)23-19(22-17)14-4-3-5-16(26)10-14;1-12(23-26)14-10-16-17(20-11-14)19(24-5-7-27-8-6-24)22-18(21-16)13-3-2-4-15(25)9-13/h3-5,10-12,26H,6-9H2,1-2H3;2-4,9-11,25-26H,5-8H2,1H3. The Morgan fingerprint density at radius 3 is 1.53 bits per heavy atom. The molecule has 0 spiro atoms. The number of phenolic OH excluding ortho intramolecular Hbond substituents is 2. The van der Waals surface area contributed by atoms with Gasteiger partial charge in [0.2, 0.25) is 0 Å². The van der Waals surface area contributed by atoms with Gasteiger partial charge in [0.05, 0.1) is 48.9 Å². The van der Waals surface area contributed by atoms with Crippen LogP contribution < -0.4 is 9.80 Å². The lowest BCUT2D eigenvalue weighted by atomic mass is 10.1. The fourth-order valence-corrected chi connectivity index (χ4v) is 6.19. The Balaban J connectivity index is 0.000000169. The number of fused-ring (bicyclic) bond motifs is 2. The lowest BCUT2D eigenvalue weighted by Crippen LogP contribution is -2.37. The summed E-state index contributed by atoms with van der Waals surface area (Å²) in [5.41, 5.74) is 6.87. The average Bonchev–Trinajstić information content (AvgIpc) is 3.23. The third-order valence-corrected chi connectivity index (χ3v) is 9.08. The van der Waals surface area contributed by atoms with Gasteiger partial charge in [-0.15, -0.1) is 0 Å². The van der Waals surface area contributed by atoms with Crippen molar-refractivity contribution in [3.8, 4) is 34.3 Å². The van der Waals surface area contributed by atoms with Crippen molar-refractivity contribution < 1.29 is 29.7 Å². The van der Waals surface area contributed by atoms with E-state index in [1.54, 1.807) is 55.7 Å². The van der Waals surface area contributed by atoms with Gasteiger partial charge in [0.25, 0.3) is 0 Å². The van der Waals surface area contributed by atoms with Gasteiger partial charge in [0.1, 0.15) is 29.6 Å². The number of benzene rings is 2. The Hall–Kier alpha value is -6.52. The molecule has 0 radical (unpaired) electrons. The van der Waals surface area contributed by atoms with E-state index in [0.29, 0.717) is 90.3 Å². The molecule has 0 unspecified atom stereocenters. The maximum Gasteiger partial charge on any atom is 0.162 e. The first-order valence-electron chi connectivity index (χ1n) is 17.7. The van der Waals surface area contributed by atoms with Crippen molar-refractivity contribution in [2.45, 2.75) is 13.8 Å². The first-order chi connectivity index (χ1) is 26.8. The van der Waals surface area contributed by atoms with Crippen LogP contribution in [0.15, 0.2) is 83.4 Å². The van der Waals surface area contributed by atoms with Crippen LogP contribution >= 0.6 is 0 Å². The van der Waals surface area contributed by atoms with Gasteiger partial charge in [-0.1, -0.05) is 34.6 Å². The molecule has 16 heteroatoms. The van der Waals surface area contributed by atoms with Crippen molar-refractivity contribution >= 4 is 45.1 Å². The van der Waals surface area contributed by atoms with Gasteiger partial charge in [-0.2, -0.15) is 0 Å². The Labute approximate surface area is 316 Å². The maximum atomic E-state index is 9.86. The minimum atomic E-state index is 0.152. The minimum Gasteiger partial charge on any atom is -0.508 e. The van der Waals surface area contributed by atoms with Crippen LogP contribution in [0.25, 0.3) is 44.8 Å². The predicted octanol–water partition coefficient (Wildman–Crippen LogP) is 5.04. The number of aromatic hydroxyl groups is 2. The van der Waals surface area contributed by atoms with Crippen LogP contribution in [-0.2, 0) is 14.3 Å². The second-order valence-electron chi connectivity index (χ2n) is 12.8. The van der Waals surface area contributed by atoms with Crippen LogP contribution in [0.4, 0.5) is 11.6 Å². The number of hydrogen-bond acceptors (Lipinski definition) is 16. The van der Waals surface area contributed by atoms with Gasteiger partial charge in [0.15, 0.2) is 23.3 Å². The van der Waals surface area contributed by atoms with E-state index < -0.39 is 0 Å². The molecule has 4 aromatic heterocycles. The Morgan fingerprint density at radius 2 is 1.11 bits per heavy atom. The van der Waals surface area contributed by atoms with Crippen LogP contribution in [0.3, 0.4) is 0 Å². The number of pyridine rings is 2. The zero-order chi connectivity index (χ0) is 38.3. The molecule has 0 aliphatic carbocycles. The van der Waals surface area contributed by atoms with Crippen molar-refractivity contribution in [1.29, 1.82) is 0 Å². The second-order valence-corrected chi connectivity index (χ2v) is 12.8. The van der Waals surface area contributed by atoms with E-state index in [2.05, 4.69) is 35.1 Å². The number of phenols is 2. The van der Waals surface area contributed by atoms with Crippen LogP contribution in [0.5, 0.6) is 11.5 Å². The third-order valence-electron chi connectivity index (χ3n) is 9.08. The summed E-state index contributed by atoms with van der Waals surface area (Å²) in [4.78, 5) is 37.2. The molecule has 2 aromatic carbocycles. The van der Waals surface area contributed by atoms with E-state index in [-0.39, 0.29) is 11.5 Å². The van der Waals surface area contributed by atoms with E-state index in [1.807, 2.05) is 31.2 Å². The summed E-state index contributed by atoms with van der Waals surface area (Å²) in [6.07, 6.45) is 3.40. The normalized spacial score (nSPS) is 15.2. The number of nitrogens with zero attached hydrogens (tertiary/aromatic N) is 10. The van der Waals surface area contributed by atoms with E-state index in [1.165, 1.54) is 7.11 Å². The number of oxime groups is 2. The summed E-state index contributed by atoms with van der Waals surface area (Å²) in [5, 5.41) is 36.0. The maximum absolute atomic E-state index is 9.86. The highest BCUT2D eigenvalue weighted by atomic mass is 16.6. The van der Waals surface area contributed by atoms with Crippen LogP contribution in [0, 0.1) is 0 Å². The van der Waals surface area contributed by atoms with Crippen LogP contribution in [0.2, 0.25) is 0 Å². The summed E-state index contributed by atoms with van der Waals surface area (Å²) in [7, 11) is 1.51. The number of aromatic nitrogens is 6. The Kier molecular flexibility index (Phi) is 11.1. The molecule has 6 aromatic rings. The highest BCUT2D eigenvalue weighted by Crippen LogP contribution is 2.30. The van der Waals surface area contributed by atoms with Crippen LogP contribution in [0.1, 0.15) is 25.0 Å². The highest BCUT2D eigenvalue weighted by Gasteiger charge is 2.21. The van der Waals surface area contributed by atoms with Gasteiger partial charge in [-0.3, -0.25) is 0 Å². The number of rotatable bonds is 7. The van der Waals surface area contributed by atoms with Gasteiger partial charge in [-0.05, 0) is 50.2 Å². The number of hydrogen-bond donors (Lipinski definition) is 3. The molecule has 16 nitrogen and oxygen atoms in total. The second kappa shape index (κ2) is 16.7. The SMILES string of the molecule is CC(=NO)c1cnc2c(N3CCOCC3)nc(-c3cccc(O)c3)nc2c1.CON=C(C)c1cnc2c(N3CCOCC3)nc(-c3cccc(O)c3)nc2c1. The molecular formula is C39H40N10O6. The number of ether oxygens (including phenoxy) is 2. The molecule has 282 valence electrons.